The molecule has 6 heteroatoms. The number of nitrogens with zero attached hydrogens (tertiary/aromatic N) is 1. The van der Waals surface area contributed by atoms with E-state index in [9.17, 15) is 4.79 Å². The Morgan fingerprint density at radius 1 is 1.53 bits per heavy atom. The number of aliphatic imine (C=N–C) groups is 1. The lowest BCUT2D eigenvalue weighted by Crippen LogP contribution is -2.37. The fourth-order valence-corrected chi connectivity index (χ4v) is 1.51. The van der Waals surface area contributed by atoms with Crippen LogP contribution in [0, 0.1) is 6.92 Å². The lowest BCUT2D eigenvalue weighted by molar-refractivity contribution is 0.0925. The minimum Gasteiger partial charge on any atom is -0.459 e. The standard InChI is InChI=1S/C13H22N4O2/c1-9(2)17-13(14)16-7-4-6-15-12(18)11-10(3)5-8-19-11/h5,8-9H,4,6-7H2,1-3H3,(H,15,18)(H3,14,16,17). The van der Waals surface area contributed by atoms with Gasteiger partial charge in [-0.25, -0.2) is 0 Å². The number of furan rings is 1. The molecule has 0 fully saturated rings. The number of rotatable bonds is 6. The summed E-state index contributed by atoms with van der Waals surface area (Å²) in [5.74, 6) is 0.604. The van der Waals surface area contributed by atoms with Crippen LogP contribution >= 0.6 is 0 Å². The maximum atomic E-state index is 11.7. The Morgan fingerprint density at radius 3 is 2.84 bits per heavy atom. The van der Waals surface area contributed by atoms with Gasteiger partial charge in [0.05, 0.1) is 6.26 Å². The molecule has 1 rings (SSSR count). The van der Waals surface area contributed by atoms with E-state index in [1.165, 1.54) is 6.26 Å². The molecule has 0 spiro atoms. The van der Waals surface area contributed by atoms with Crippen LogP contribution in [0.3, 0.4) is 0 Å². The maximum Gasteiger partial charge on any atom is 0.287 e. The number of hydrogen-bond acceptors (Lipinski definition) is 3. The second-order valence-electron chi connectivity index (χ2n) is 4.61. The van der Waals surface area contributed by atoms with Crippen molar-refractivity contribution >= 4 is 11.9 Å². The van der Waals surface area contributed by atoms with Crippen LogP contribution in [0.25, 0.3) is 0 Å². The van der Waals surface area contributed by atoms with E-state index in [0.29, 0.717) is 24.8 Å². The topological polar surface area (TPSA) is 92.7 Å². The Hall–Kier alpha value is -1.98. The van der Waals surface area contributed by atoms with Crippen molar-refractivity contribution in [1.29, 1.82) is 0 Å². The van der Waals surface area contributed by atoms with Crippen LogP contribution in [0.2, 0.25) is 0 Å². The summed E-state index contributed by atoms with van der Waals surface area (Å²) in [7, 11) is 0. The molecule has 0 aliphatic rings. The number of amides is 1. The Bertz CT molecular complexity index is 438. The van der Waals surface area contributed by atoms with Gasteiger partial charge in [0.2, 0.25) is 0 Å². The van der Waals surface area contributed by atoms with Crippen molar-refractivity contribution in [3.8, 4) is 0 Å². The highest BCUT2D eigenvalue weighted by Crippen LogP contribution is 2.07. The molecule has 0 radical (unpaired) electrons. The highest BCUT2D eigenvalue weighted by Gasteiger charge is 2.11. The molecule has 6 nitrogen and oxygen atoms in total. The van der Waals surface area contributed by atoms with Gasteiger partial charge in [-0.2, -0.15) is 0 Å². The van der Waals surface area contributed by atoms with Crippen LogP contribution < -0.4 is 16.4 Å². The summed E-state index contributed by atoms with van der Waals surface area (Å²) in [6, 6.07) is 2.03. The summed E-state index contributed by atoms with van der Waals surface area (Å²) in [5, 5.41) is 5.77. The van der Waals surface area contributed by atoms with E-state index in [4.69, 9.17) is 10.2 Å². The van der Waals surface area contributed by atoms with Crippen LogP contribution in [0.1, 0.15) is 36.4 Å². The van der Waals surface area contributed by atoms with Crippen molar-refractivity contribution in [3.05, 3.63) is 23.7 Å². The summed E-state index contributed by atoms with van der Waals surface area (Å²) in [6.45, 7) is 6.93. The Kier molecular flexibility index (Phi) is 5.92. The molecule has 1 heterocycles. The van der Waals surface area contributed by atoms with Crippen molar-refractivity contribution < 1.29 is 9.21 Å². The molecule has 0 saturated heterocycles. The third kappa shape index (κ3) is 5.46. The Labute approximate surface area is 113 Å². The molecule has 1 aromatic heterocycles. The van der Waals surface area contributed by atoms with Crippen molar-refractivity contribution in [2.75, 3.05) is 13.1 Å². The van der Waals surface area contributed by atoms with Crippen LogP contribution in [0.4, 0.5) is 0 Å². The quantitative estimate of drug-likeness (QED) is 0.407. The average molecular weight is 266 g/mol. The zero-order chi connectivity index (χ0) is 14.3. The zero-order valence-corrected chi connectivity index (χ0v) is 11.7. The first-order valence-corrected chi connectivity index (χ1v) is 6.39. The largest absolute Gasteiger partial charge is 0.459 e. The molecular formula is C13H22N4O2. The number of nitrogens with one attached hydrogen (secondary N) is 2. The van der Waals surface area contributed by atoms with Gasteiger partial charge >= 0.3 is 0 Å². The molecule has 0 aromatic carbocycles. The van der Waals surface area contributed by atoms with Crippen LogP contribution in [0.15, 0.2) is 21.7 Å². The van der Waals surface area contributed by atoms with Gasteiger partial charge < -0.3 is 20.8 Å². The zero-order valence-electron chi connectivity index (χ0n) is 11.7. The normalized spacial score (nSPS) is 11.7. The molecule has 0 aliphatic carbocycles. The molecule has 106 valence electrons. The summed E-state index contributed by atoms with van der Waals surface area (Å²) >= 11 is 0. The Morgan fingerprint density at radius 2 is 2.26 bits per heavy atom. The fourth-order valence-electron chi connectivity index (χ4n) is 1.51. The number of hydrogen-bond donors (Lipinski definition) is 3. The van der Waals surface area contributed by atoms with Crippen molar-refractivity contribution in [1.82, 2.24) is 10.6 Å². The second kappa shape index (κ2) is 7.45. The van der Waals surface area contributed by atoms with Gasteiger partial charge in [-0.05, 0) is 33.3 Å². The third-order valence-corrected chi connectivity index (χ3v) is 2.41. The van der Waals surface area contributed by atoms with E-state index in [1.807, 2.05) is 20.8 Å². The predicted octanol–water partition coefficient (Wildman–Crippen LogP) is 1.02. The van der Waals surface area contributed by atoms with E-state index in [1.54, 1.807) is 6.07 Å². The average Bonchev–Trinajstić information content (AvgIpc) is 2.73. The first kappa shape index (κ1) is 15.1. The molecular weight excluding hydrogens is 244 g/mol. The van der Waals surface area contributed by atoms with Crippen molar-refractivity contribution in [2.24, 2.45) is 10.7 Å². The Balaban J connectivity index is 2.21. The predicted molar refractivity (Wildman–Crippen MR) is 75.2 cm³/mol. The maximum absolute atomic E-state index is 11.7. The number of guanidine groups is 1. The molecule has 0 atom stereocenters. The van der Waals surface area contributed by atoms with Gasteiger partial charge in [0.15, 0.2) is 11.7 Å². The number of carbonyl (C=O) groups excluding carboxylic acids is 1. The van der Waals surface area contributed by atoms with Crippen LogP contribution in [-0.4, -0.2) is 31.0 Å². The molecule has 0 unspecified atom stereocenters. The van der Waals surface area contributed by atoms with Crippen LogP contribution in [-0.2, 0) is 0 Å². The molecule has 1 aromatic rings. The summed E-state index contributed by atoms with van der Waals surface area (Å²) in [5.41, 5.74) is 6.48. The minimum atomic E-state index is -0.195. The molecule has 19 heavy (non-hydrogen) atoms. The fraction of sp³-hybridized carbons (Fsp3) is 0.538. The first-order chi connectivity index (χ1) is 9.00. The minimum absolute atomic E-state index is 0.195. The molecule has 0 saturated carbocycles. The van der Waals surface area contributed by atoms with Crippen LogP contribution in [0.5, 0.6) is 0 Å². The SMILES string of the molecule is Cc1ccoc1C(=O)NCCCN=C(N)NC(C)C. The summed E-state index contributed by atoms with van der Waals surface area (Å²) in [4.78, 5) is 15.8. The van der Waals surface area contributed by atoms with Crippen molar-refractivity contribution in [2.45, 2.75) is 33.2 Å². The molecule has 1 amide bonds. The molecule has 4 N–H and O–H groups in total. The van der Waals surface area contributed by atoms with Gasteiger partial charge in [-0.1, -0.05) is 0 Å². The lowest BCUT2D eigenvalue weighted by Gasteiger charge is -2.08. The van der Waals surface area contributed by atoms with E-state index in [0.717, 1.165) is 12.0 Å². The smallest absolute Gasteiger partial charge is 0.287 e. The van der Waals surface area contributed by atoms with Crippen molar-refractivity contribution in [3.63, 3.8) is 0 Å². The van der Waals surface area contributed by atoms with Gasteiger partial charge in [0.25, 0.3) is 5.91 Å². The number of aryl methyl sites for hydroxylation is 1. The van der Waals surface area contributed by atoms with Gasteiger partial charge in [0.1, 0.15) is 0 Å². The van der Waals surface area contributed by atoms with E-state index >= 15 is 0 Å². The van der Waals surface area contributed by atoms with Gasteiger partial charge in [-0.3, -0.25) is 9.79 Å². The van der Waals surface area contributed by atoms with Gasteiger partial charge in [-0.15, -0.1) is 0 Å². The third-order valence-electron chi connectivity index (χ3n) is 2.41. The summed E-state index contributed by atoms with van der Waals surface area (Å²) in [6.07, 6.45) is 2.23. The van der Waals surface area contributed by atoms with Gasteiger partial charge in [0, 0.05) is 24.7 Å². The number of nitrogens with two attached hydrogens (primary N) is 1. The highest BCUT2D eigenvalue weighted by molar-refractivity contribution is 5.92. The van der Waals surface area contributed by atoms with E-state index < -0.39 is 0 Å². The lowest BCUT2D eigenvalue weighted by atomic mass is 10.2. The summed E-state index contributed by atoms with van der Waals surface area (Å²) < 4.78 is 5.10. The molecule has 0 bridgehead atoms. The highest BCUT2D eigenvalue weighted by atomic mass is 16.3. The van der Waals surface area contributed by atoms with E-state index in [2.05, 4.69) is 15.6 Å². The van der Waals surface area contributed by atoms with E-state index in [-0.39, 0.29) is 11.9 Å². The first-order valence-electron chi connectivity index (χ1n) is 6.39. The monoisotopic (exact) mass is 266 g/mol. The number of carbonyl (C=O) groups is 1. The molecule has 0 aliphatic heterocycles. The second-order valence-corrected chi connectivity index (χ2v) is 4.61.